The summed E-state index contributed by atoms with van der Waals surface area (Å²) < 4.78 is 13.5. The maximum atomic E-state index is 13.5. The average Bonchev–Trinajstić information content (AvgIpc) is 2.62. The van der Waals surface area contributed by atoms with Gasteiger partial charge in [0.25, 0.3) is 0 Å². The number of hydrogen-bond donors (Lipinski definition) is 2. The third kappa shape index (κ3) is 3.98. The minimum absolute atomic E-state index is 0.0586. The molecule has 7 heteroatoms. The Hall–Kier alpha value is -2.15. The number of benzene rings is 1. The summed E-state index contributed by atoms with van der Waals surface area (Å²) >= 11 is 0. The number of carbonyl (C=O) groups is 2. The van der Waals surface area contributed by atoms with Crippen molar-refractivity contribution < 1.29 is 24.2 Å². The second kappa shape index (κ2) is 7.61. The number of aliphatic hydroxyl groups is 1. The highest BCUT2D eigenvalue weighted by Gasteiger charge is 2.42. The number of phenolic OH excluding ortho intramolecular Hbond substituents is 1. The molecule has 1 aromatic rings. The van der Waals surface area contributed by atoms with Gasteiger partial charge >= 0.3 is 0 Å². The number of phenols is 1. The zero-order chi connectivity index (χ0) is 18.7. The van der Waals surface area contributed by atoms with Crippen LogP contribution in [0.4, 0.5) is 4.39 Å². The fourth-order valence-electron chi connectivity index (χ4n) is 4.13. The second-order valence-electron chi connectivity index (χ2n) is 7.42. The van der Waals surface area contributed by atoms with Crippen molar-refractivity contribution in [3.05, 3.63) is 29.6 Å². The van der Waals surface area contributed by atoms with Gasteiger partial charge in [-0.15, -0.1) is 0 Å². The van der Waals surface area contributed by atoms with Crippen LogP contribution in [-0.2, 0) is 16.0 Å². The molecule has 142 valence electrons. The van der Waals surface area contributed by atoms with Gasteiger partial charge in [0.2, 0.25) is 11.8 Å². The first-order valence-corrected chi connectivity index (χ1v) is 9.06. The molecule has 6 nitrogen and oxygen atoms in total. The monoisotopic (exact) mass is 364 g/mol. The average molecular weight is 364 g/mol. The number of halogens is 1. The quantitative estimate of drug-likeness (QED) is 0.844. The Morgan fingerprint density at radius 1 is 1.27 bits per heavy atom. The summed E-state index contributed by atoms with van der Waals surface area (Å²) in [6, 6.07) is 4.00. The van der Waals surface area contributed by atoms with Crippen LogP contribution in [0.15, 0.2) is 18.2 Å². The van der Waals surface area contributed by atoms with Crippen LogP contribution in [0, 0.1) is 11.2 Å². The van der Waals surface area contributed by atoms with E-state index in [0.29, 0.717) is 38.2 Å². The summed E-state index contributed by atoms with van der Waals surface area (Å²) in [6.07, 6.45) is 3.12. The minimum atomic E-state index is -0.726. The molecule has 2 N–H and O–H groups in total. The van der Waals surface area contributed by atoms with Gasteiger partial charge in [0, 0.05) is 38.0 Å². The van der Waals surface area contributed by atoms with Gasteiger partial charge < -0.3 is 20.0 Å². The number of amides is 2. The Balaban J connectivity index is 1.66. The highest BCUT2D eigenvalue weighted by Crippen LogP contribution is 2.39. The largest absolute Gasteiger partial charge is 0.505 e. The van der Waals surface area contributed by atoms with Crippen LogP contribution >= 0.6 is 0 Å². The summed E-state index contributed by atoms with van der Waals surface area (Å²) in [5.74, 6) is -1.16. The molecule has 1 spiro atoms. The number of piperidine rings is 2. The SMILES string of the molecule is O=C1CCC2(CCCN(C(=O)Cc3ccc(O)c(F)c3)C2)CN1CCO. The molecular formula is C19H25FN2O4. The lowest BCUT2D eigenvalue weighted by Gasteiger charge is -2.48. The van der Waals surface area contributed by atoms with E-state index in [1.165, 1.54) is 12.1 Å². The van der Waals surface area contributed by atoms with E-state index in [0.717, 1.165) is 19.3 Å². The normalized spacial score (nSPS) is 23.5. The minimum Gasteiger partial charge on any atom is -0.505 e. The van der Waals surface area contributed by atoms with Crippen molar-refractivity contribution in [3.63, 3.8) is 0 Å². The van der Waals surface area contributed by atoms with Gasteiger partial charge in [-0.25, -0.2) is 4.39 Å². The molecule has 0 aromatic heterocycles. The van der Waals surface area contributed by atoms with Gasteiger partial charge in [-0.1, -0.05) is 6.07 Å². The first-order chi connectivity index (χ1) is 12.4. The van der Waals surface area contributed by atoms with Crippen molar-refractivity contribution >= 4 is 11.8 Å². The molecule has 2 aliphatic heterocycles. The molecule has 0 aliphatic carbocycles. The number of nitrogens with zero attached hydrogens (tertiary/aromatic N) is 2. The maximum absolute atomic E-state index is 13.5. The zero-order valence-corrected chi connectivity index (χ0v) is 14.8. The van der Waals surface area contributed by atoms with Gasteiger partial charge in [0.1, 0.15) is 0 Å². The fraction of sp³-hybridized carbons (Fsp3) is 0.579. The highest BCUT2D eigenvalue weighted by molar-refractivity contribution is 5.79. The van der Waals surface area contributed by atoms with E-state index >= 15 is 0 Å². The topological polar surface area (TPSA) is 81.1 Å². The molecule has 2 amide bonds. The van der Waals surface area contributed by atoms with Crippen LogP contribution in [0.5, 0.6) is 5.75 Å². The van der Waals surface area contributed by atoms with E-state index in [9.17, 15) is 19.1 Å². The third-order valence-electron chi connectivity index (χ3n) is 5.50. The van der Waals surface area contributed by atoms with Crippen LogP contribution in [0.3, 0.4) is 0 Å². The van der Waals surface area contributed by atoms with Crippen LogP contribution in [0.2, 0.25) is 0 Å². The van der Waals surface area contributed by atoms with E-state index in [1.54, 1.807) is 15.9 Å². The standard InChI is InChI=1S/C19H25FN2O4/c20-15-10-14(2-3-16(15)24)11-18(26)21-7-1-5-19(12-21)6-4-17(25)22(13-19)8-9-23/h2-3,10,23-24H,1,4-9,11-13H2. The van der Waals surface area contributed by atoms with Gasteiger partial charge in [0.05, 0.1) is 13.0 Å². The van der Waals surface area contributed by atoms with E-state index in [1.807, 2.05) is 0 Å². The molecule has 3 rings (SSSR count). The first-order valence-electron chi connectivity index (χ1n) is 9.06. The molecule has 26 heavy (non-hydrogen) atoms. The summed E-state index contributed by atoms with van der Waals surface area (Å²) in [7, 11) is 0. The van der Waals surface area contributed by atoms with E-state index < -0.39 is 11.6 Å². The predicted octanol–water partition coefficient (Wildman–Crippen LogP) is 1.30. The number of hydrogen-bond acceptors (Lipinski definition) is 4. The second-order valence-corrected chi connectivity index (χ2v) is 7.42. The lowest BCUT2D eigenvalue weighted by atomic mass is 9.73. The molecule has 2 fully saturated rings. The summed E-state index contributed by atoms with van der Waals surface area (Å²) in [5, 5.41) is 18.4. The van der Waals surface area contributed by atoms with Gasteiger partial charge in [0.15, 0.2) is 11.6 Å². The molecule has 2 saturated heterocycles. The Kier molecular flexibility index (Phi) is 5.46. The summed E-state index contributed by atoms with van der Waals surface area (Å²) in [5.41, 5.74) is 0.419. The molecular weight excluding hydrogens is 339 g/mol. The Bertz CT molecular complexity index is 696. The third-order valence-corrected chi connectivity index (χ3v) is 5.50. The first kappa shape index (κ1) is 18.6. The number of carbonyl (C=O) groups excluding carboxylic acids is 2. The molecule has 1 unspecified atom stereocenters. The van der Waals surface area contributed by atoms with E-state index in [4.69, 9.17) is 5.11 Å². The number of aromatic hydroxyl groups is 1. The lowest BCUT2D eigenvalue weighted by Crippen LogP contribution is -2.55. The number of likely N-dealkylation sites (tertiary alicyclic amines) is 2. The van der Waals surface area contributed by atoms with Crippen LogP contribution in [-0.4, -0.2) is 64.6 Å². The van der Waals surface area contributed by atoms with Crippen LogP contribution in [0.1, 0.15) is 31.2 Å². The smallest absolute Gasteiger partial charge is 0.227 e. The Labute approximate surface area is 152 Å². The molecule has 0 radical (unpaired) electrons. The van der Waals surface area contributed by atoms with Gasteiger partial charge in [-0.05, 0) is 37.0 Å². The van der Waals surface area contributed by atoms with Crippen molar-refractivity contribution in [1.82, 2.24) is 9.80 Å². The van der Waals surface area contributed by atoms with E-state index in [-0.39, 0.29) is 30.3 Å². The molecule has 1 aromatic carbocycles. The molecule has 2 aliphatic rings. The predicted molar refractivity (Wildman–Crippen MR) is 92.9 cm³/mol. The number of rotatable bonds is 4. The highest BCUT2D eigenvalue weighted by atomic mass is 19.1. The number of aliphatic hydroxyl groups excluding tert-OH is 1. The molecule has 0 saturated carbocycles. The fourth-order valence-corrected chi connectivity index (χ4v) is 4.13. The van der Waals surface area contributed by atoms with Crippen LogP contribution < -0.4 is 0 Å². The Morgan fingerprint density at radius 2 is 2.08 bits per heavy atom. The van der Waals surface area contributed by atoms with Gasteiger partial charge in [-0.3, -0.25) is 9.59 Å². The van der Waals surface area contributed by atoms with Crippen LogP contribution in [0.25, 0.3) is 0 Å². The molecule has 2 heterocycles. The molecule has 0 bridgehead atoms. The Morgan fingerprint density at radius 3 is 2.81 bits per heavy atom. The lowest BCUT2D eigenvalue weighted by molar-refractivity contribution is -0.143. The summed E-state index contributed by atoms with van der Waals surface area (Å²) in [6.45, 7) is 2.10. The van der Waals surface area contributed by atoms with Crippen molar-refractivity contribution in [2.45, 2.75) is 32.1 Å². The number of β-amino-alcohol motifs (C(OH)–C–C–N with tert-alkyl or cyclic N) is 1. The van der Waals surface area contributed by atoms with Crippen molar-refractivity contribution in [1.29, 1.82) is 0 Å². The maximum Gasteiger partial charge on any atom is 0.227 e. The van der Waals surface area contributed by atoms with Crippen molar-refractivity contribution in [3.8, 4) is 5.75 Å². The zero-order valence-electron chi connectivity index (χ0n) is 14.8. The summed E-state index contributed by atoms with van der Waals surface area (Å²) in [4.78, 5) is 28.2. The van der Waals surface area contributed by atoms with Crippen molar-refractivity contribution in [2.75, 3.05) is 32.8 Å². The van der Waals surface area contributed by atoms with Gasteiger partial charge in [-0.2, -0.15) is 0 Å². The molecule has 1 atom stereocenters. The van der Waals surface area contributed by atoms with Crippen molar-refractivity contribution in [2.24, 2.45) is 5.41 Å². The van der Waals surface area contributed by atoms with E-state index in [2.05, 4.69) is 0 Å².